The molecule has 10 heteroatoms. The molecule has 0 bridgehead atoms. The highest BCUT2D eigenvalue weighted by Crippen LogP contribution is 2.35. The molecule has 6 nitrogen and oxygen atoms in total. The highest BCUT2D eigenvalue weighted by atomic mass is 19.4. The Morgan fingerprint density at radius 2 is 1.63 bits per heavy atom. The molecule has 0 aliphatic carbocycles. The molecular weight excluding hydrogens is 402 g/mol. The lowest BCUT2D eigenvalue weighted by atomic mass is 9.97. The van der Waals surface area contributed by atoms with Gasteiger partial charge in [-0.15, -0.1) is 0 Å². The van der Waals surface area contributed by atoms with Gasteiger partial charge < -0.3 is 16.0 Å². The molecule has 0 fully saturated rings. The summed E-state index contributed by atoms with van der Waals surface area (Å²) in [7, 11) is 0. The summed E-state index contributed by atoms with van der Waals surface area (Å²) in [4.78, 5) is 8.31. The van der Waals surface area contributed by atoms with E-state index < -0.39 is 24.0 Å². The van der Waals surface area contributed by atoms with Gasteiger partial charge in [0.2, 0.25) is 0 Å². The Morgan fingerprint density at radius 1 is 0.900 bits per heavy atom. The zero-order valence-corrected chi connectivity index (χ0v) is 15.3. The number of hydrogen-bond donors (Lipinski definition) is 2. The molecule has 2 aromatic carbocycles. The van der Waals surface area contributed by atoms with E-state index in [1.807, 2.05) is 0 Å². The van der Waals surface area contributed by atoms with Crippen LogP contribution in [0.15, 0.2) is 59.4 Å². The summed E-state index contributed by atoms with van der Waals surface area (Å²) in [6.07, 6.45) is -3.33. The maximum atomic E-state index is 13.1. The van der Waals surface area contributed by atoms with Crippen LogP contribution in [0.1, 0.15) is 29.0 Å². The number of hydrogen-bond acceptors (Lipinski definition) is 6. The fourth-order valence-corrected chi connectivity index (χ4v) is 3.09. The van der Waals surface area contributed by atoms with Crippen molar-refractivity contribution in [3.8, 4) is 11.3 Å². The minimum absolute atomic E-state index is 0.0210. The zero-order chi connectivity index (χ0) is 21.5. The standard InChI is InChI=1S/C20H15F4N5O/c21-12-4-1-10(2-5-12)17(25)18(26)15-8-14(27-9-28-15)11-3-6-13-16(7-11)30-29-19(13)20(22,23)24/h1-9,17-18H,25-26H2. The molecule has 0 saturated carbocycles. The number of fused-ring (bicyclic) bond motifs is 1. The van der Waals surface area contributed by atoms with Crippen LogP contribution in [-0.2, 0) is 6.18 Å². The molecule has 2 unspecified atom stereocenters. The molecule has 2 atom stereocenters. The Kier molecular flexibility index (Phi) is 4.96. The minimum Gasteiger partial charge on any atom is -0.356 e. The molecule has 0 aliphatic heterocycles. The third-order valence-electron chi connectivity index (χ3n) is 4.71. The number of alkyl halides is 3. The Labute approximate surface area is 167 Å². The molecule has 0 saturated heterocycles. The van der Waals surface area contributed by atoms with Gasteiger partial charge in [0.05, 0.1) is 28.9 Å². The first-order valence-corrected chi connectivity index (χ1v) is 8.79. The van der Waals surface area contributed by atoms with Gasteiger partial charge in [0, 0.05) is 5.56 Å². The van der Waals surface area contributed by atoms with Crippen molar-refractivity contribution in [3.63, 3.8) is 0 Å². The predicted molar refractivity (Wildman–Crippen MR) is 100 cm³/mol. The van der Waals surface area contributed by atoms with E-state index in [4.69, 9.17) is 16.0 Å². The highest BCUT2D eigenvalue weighted by molar-refractivity contribution is 5.84. The Hall–Kier alpha value is -3.37. The molecule has 2 aromatic heterocycles. The van der Waals surface area contributed by atoms with Crippen LogP contribution in [0.25, 0.3) is 22.2 Å². The second kappa shape index (κ2) is 7.47. The number of nitrogens with two attached hydrogens (primary N) is 2. The van der Waals surface area contributed by atoms with E-state index in [0.717, 1.165) is 0 Å². The summed E-state index contributed by atoms with van der Waals surface area (Å²) in [5, 5.41) is 2.97. The highest BCUT2D eigenvalue weighted by Gasteiger charge is 2.37. The van der Waals surface area contributed by atoms with Crippen molar-refractivity contribution >= 4 is 11.0 Å². The van der Waals surface area contributed by atoms with Gasteiger partial charge in [0.15, 0.2) is 11.3 Å². The first-order chi connectivity index (χ1) is 14.2. The monoisotopic (exact) mass is 417 g/mol. The maximum Gasteiger partial charge on any atom is 0.437 e. The van der Waals surface area contributed by atoms with Crippen LogP contribution in [-0.4, -0.2) is 15.1 Å². The number of aromatic nitrogens is 3. The van der Waals surface area contributed by atoms with Crippen molar-refractivity contribution in [2.45, 2.75) is 18.3 Å². The third-order valence-corrected chi connectivity index (χ3v) is 4.71. The Balaban J connectivity index is 1.65. The molecule has 4 aromatic rings. The normalized spacial score (nSPS) is 14.1. The van der Waals surface area contributed by atoms with Gasteiger partial charge in [-0.1, -0.05) is 23.4 Å². The van der Waals surface area contributed by atoms with E-state index in [2.05, 4.69) is 15.1 Å². The van der Waals surface area contributed by atoms with Gasteiger partial charge in [-0.2, -0.15) is 13.2 Å². The third kappa shape index (κ3) is 3.74. The van der Waals surface area contributed by atoms with Crippen LogP contribution in [0.4, 0.5) is 17.6 Å². The maximum absolute atomic E-state index is 13.1. The average molecular weight is 417 g/mol. The van der Waals surface area contributed by atoms with Crippen molar-refractivity contribution in [2.24, 2.45) is 11.5 Å². The fourth-order valence-electron chi connectivity index (χ4n) is 3.09. The molecule has 2 heterocycles. The van der Waals surface area contributed by atoms with Gasteiger partial charge in [-0.3, -0.25) is 0 Å². The quantitative estimate of drug-likeness (QED) is 0.484. The predicted octanol–water partition coefficient (Wildman–Crippen LogP) is 4.14. The lowest BCUT2D eigenvalue weighted by molar-refractivity contribution is -0.141. The molecule has 0 spiro atoms. The van der Waals surface area contributed by atoms with Crippen molar-refractivity contribution in [3.05, 3.63) is 77.6 Å². The molecule has 0 amide bonds. The number of rotatable bonds is 4. The van der Waals surface area contributed by atoms with Crippen molar-refractivity contribution < 1.29 is 22.1 Å². The number of halogens is 4. The van der Waals surface area contributed by atoms with E-state index >= 15 is 0 Å². The summed E-state index contributed by atoms with van der Waals surface area (Å²) in [6.45, 7) is 0. The van der Waals surface area contributed by atoms with Gasteiger partial charge in [-0.05, 0) is 35.9 Å². The molecule has 4 N–H and O–H groups in total. The first kappa shape index (κ1) is 19.9. The van der Waals surface area contributed by atoms with Gasteiger partial charge in [0.25, 0.3) is 0 Å². The molecule has 30 heavy (non-hydrogen) atoms. The van der Waals surface area contributed by atoms with Crippen LogP contribution in [0.3, 0.4) is 0 Å². The van der Waals surface area contributed by atoms with Gasteiger partial charge in [-0.25, -0.2) is 14.4 Å². The molecule has 154 valence electrons. The Morgan fingerprint density at radius 3 is 2.33 bits per heavy atom. The van der Waals surface area contributed by atoms with Crippen LogP contribution in [0, 0.1) is 5.82 Å². The largest absolute Gasteiger partial charge is 0.437 e. The second-order valence-electron chi connectivity index (χ2n) is 6.67. The van der Waals surface area contributed by atoms with Crippen LogP contribution >= 0.6 is 0 Å². The SMILES string of the molecule is NC(c1ccc(F)cc1)C(N)c1cc(-c2ccc3c(C(F)(F)F)noc3c2)ncn1. The summed E-state index contributed by atoms with van der Waals surface area (Å²) in [6, 6.07) is 10.0. The van der Waals surface area contributed by atoms with Crippen molar-refractivity contribution in [1.29, 1.82) is 0 Å². The fraction of sp³-hybridized carbons (Fsp3) is 0.150. The zero-order valence-electron chi connectivity index (χ0n) is 15.3. The lowest BCUT2D eigenvalue weighted by Gasteiger charge is -2.20. The lowest BCUT2D eigenvalue weighted by Crippen LogP contribution is -2.27. The van der Waals surface area contributed by atoms with Crippen LogP contribution < -0.4 is 11.5 Å². The van der Waals surface area contributed by atoms with E-state index in [0.29, 0.717) is 22.5 Å². The van der Waals surface area contributed by atoms with Crippen molar-refractivity contribution in [2.75, 3.05) is 0 Å². The summed E-state index contributed by atoms with van der Waals surface area (Å²) < 4.78 is 56.9. The molecule has 0 radical (unpaired) electrons. The first-order valence-electron chi connectivity index (χ1n) is 8.79. The van der Waals surface area contributed by atoms with Gasteiger partial charge >= 0.3 is 6.18 Å². The summed E-state index contributed by atoms with van der Waals surface area (Å²) >= 11 is 0. The van der Waals surface area contributed by atoms with E-state index in [1.165, 1.54) is 48.8 Å². The van der Waals surface area contributed by atoms with E-state index in [9.17, 15) is 17.6 Å². The number of nitrogens with zero attached hydrogens (tertiary/aromatic N) is 3. The smallest absolute Gasteiger partial charge is 0.356 e. The molecular formula is C20H15F4N5O. The minimum atomic E-state index is -4.61. The summed E-state index contributed by atoms with van der Waals surface area (Å²) in [5.74, 6) is -0.389. The van der Waals surface area contributed by atoms with Crippen LogP contribution in [0.2, 0.25) is 0 Å². The topological polar surface area (TPSA) is 104 Å². The van der Waals surface area contributed by atoms with Crippen molar-refractivity contribution in [1.82, 2.24) is 15.1 Å². The summed E-state index contributed by atoms with van der Waals surface area (Å²) in [5.41, 5.74) is 13.3. The van der Waals surface area contributed by atoms with Crippen LogP contribution in [0.5, 0.6) is 0 Å². The number of benzene rings is 2. The Bertz CT molecular complexity index is 1190. The van der Waals surface area contributed by atoms with E-state index in [1.54, 1.807) is 6.07 Å². The second-order valence-corrected chi connectivity index (χ2v) is 6.67. The van der Waals surface area contributed by atoms with E-state index in [-0.39, 0.29) is 16.8 Å². The van der Waals surface area contributed by atoms with Gasteiger partial charge in [0.1, 0.15) is 12.1 Å². The average Bonchev–Trinajstić information content (AvgIpc) is 3.17. The molecule has 0 aliphatic rings. The molecule has 4 rings (SSSR count).